The molecule has 2 aliphatic rings. The molecule has 1 aromatic rings. The van der Waals surface area contributed by atoms with Crippen LogP contribution in [0.5, 0.6) is 5.75 Å². The maximum atomic E-state index is 5.36. The van der Waals surface area contributed by atoms with Gasteiger partial charge >= 0.3 is 0 Å². The Bertz CT molecular complexity index is 615. The highest BCUT2D eigenvalue weighted by Gasteiger charge is 2.23. The van der Waals surface area contributed by atoms with Gasteiger partial charge in [0.2, 0.25) is 0 Å². The molecule has 1 aromatic carbocycles. The number of nitrogens with zero attached hydrogens (tertiary/aromatic N) is 3. The molecule has 6 heteroatoms. The van der Waals surface area contributed by atoms with Crippen LogP contribution in [0, 0.1) is 5.92 Å². The number of rotatable bonds is 8. The molecule has 6 nitrogen and oxygen atoms in total. The number of piperidine rings is 1. The molecule has 3 rings (SSSR count). The summed E-state index contributed by atoms with van der Waals surface area (Å²) in [7, 11) is 1.72. The molecule has 0 bridgehead atoms. The minimum atomic E-state index is 0.601. The molecular weight excluding hydrogens is 350 g/mol. The van der Waals surface area contributed by atoms with Crippen LogP contribution in [0.2, 0.25) is 0 Å². The second kappa shape index (κ2) is 11.1. The molecule has 28 heavy (non-hydrogen) atoms. The molecule has 0 radical (unpaired) electrons. The number of aliphatic imine (C=N–C) groups is 1. The van der Waals surface area contributed by atoms with Crippen LogP contribution in [-0.2, 0) is 0 Å². The van der Waals surface area contributed by atoms with Crippen LogP contribution in [0.3, 0.4) is 0 Å². The van der Waals surface area contributed by atoms with E-state index in [4.69, 9.17) is 9.73 Å². The Labute approximate surface area is 170 Å². The molecule has 2 N–H and O–H groups in total. The summed E-state index contributed by atoms with van der Waals surface area (Å²) in [6.07, 6.45) is 5.27. The van der Waals surface area contributed by atoms with Gasteiger partial charge in [-0.25, -0.2) is 0 Å². The van der Waals surface area contributed by atoms with Gasteiger partial charge in [0.1, 0.15) is 5.75 Å². The highest BCUT2D eigenvalue weighted by Crippen LogP contribution is 2.26. The van der Waals surface area contributed by atoms with Crippen molar-refractivity contribution in [3.05, 3.63) is 24.3 Å². The van der Waals surface area contributed by atoms with E-state index >= 15 is 0 Å². The predicted molar refractivity (Wildman–Crippen MR) is 118 cm³/mol. The van der Waals surface area contributed by atoms with Gasteiger partial charge in [0.15, 0.2) is 5.96 Å². The van der Waals surface area contributed by atoms with Crippen molar-refractivity contribution in [2.75, 3.05) is 64.4 Å². The summed E-state index contributed by atoms with van der Waals surface area (Å²) in [5.41, 5.74) is 1.25. The molecule has 1 atom stereocenters. The Morgan fingerprint density at radius 3 is 2.82 bits per heavy atom. The first-order valence-electron chi connectivity index (χ1n) is 10.9. The fourth-order valence-electron chi connectivity index (χ4n) is 4.10. The summed E-state index contributed by atoms with van der Waals surface area (Å²) in [5.74, 6) is 2.48. The standard InChI is InChI=1S/C22H37N5O/c1-3-23-22(24-11-15-26-12-5-4-6-13-26)25-17-19-10-14-27(18-19)20-8-7-9-21(16-20)28-2/h7-9,16,19H,3-6,10-15,17-18H2,1-2H3,(H2,23,24,25). The SMILES string of the molecule is CCNC(=NCC1CCN(c2cccc(OC)c2)C1)NCCN1CCCCC1. The summed E-state index contributed by atoms with van der Waals surface area (Å²) in [5, 5.41) is 6.91. The lowest BCUT2D eigenvalue weighted by atomic mass is 10.1. The van der Waals surface area contributed by atoms with Crippen molar-refractivity contribution >= 4 is 11.6 Å². The highest BCUT2D eigenvalue weighted by molar-refractivity contribution is 5.79. The van der Waals surface area contributed by atoms with Crippen LogP contribution in [0.25, 0.3) is 0 Å². The monoisotopic (exact) mass is 387 g/mol. The number of ether oxygens (including phenoxy) is 1. The van der Waals surface area contributed by atoms with E-state index < -0.39 is 0 Å². The van der Waals surface area contributed by atoms with Crippen molar-refractivity contribution in [3.8, 4) is 5.75 Å². The van der Waals surface area contributed by atoms with E-state index in [0.717, 1.165) is 51.0 Å². The molecule has 2 heterocycles. The lowest BCUT2D eigenvalue weighted by Gasteiger charge is -2.26. The molecule has 2 aliphatic heterocycles. The highest BCUT2D eigenvalue weighted by atomic mass is 16.5. The maximum Gasteiger partial charge on any atom is 0.191 e. The van der Waals surface area contributed by atoms with E-state index in [1.165, 1.54) is 44.5 Å². The smallest absolute Gasteiger partial charge is 0.191 e. The fraction of sp³-hybridized carbons (Fsp3) is 0.682. The van der Waals surface area contributed by atoms with E-state index in [9.17, 15) is 0 Å². The summed E-state index contributed by atoms with van der Waals surface area (Å²) in [4.78, 5) is 9.87. The maximum absolute atomic E-state index is 5.36. The average Bonchev–Trinajstić information content (AvgIpc) is 3.22. The van der Waals surface area contributed by atoms with Gasteiger partial charge in [-0.05, 0) is 57.3 Å². The Morgan fingerprint density at radius 1 is 1.18 bits per heavy atom. The van der Waals surface area contributed by atoms with Crippen LogP contribution < -0.4 is 20.3 Å². The van der Waals surface area contributed by atoms with Crippen molar-refractivity contribution in [1.29, 1.82) is 0 Å². The second-order valence-electron chi connectivity index (χ2n) is 7.85. The first-order chi connectivity index (χ1) is 13.8. The first-order valence-corrected chi connectivity index (χ1v) is 10.9. The number of benzene rings is 1. The number of hydrogen-bond acceptors (Lipinski definition) is 4. The number of guanidine groups is 1. The van der Waals surface area contributed by atoms with E-state index in [-0.39, 0.29) is 0 Å². The zero-order valence-electron chi connectivity index (χ0n) is 17.6. The van der Waals surface area contributed by atoms with E-state index in [0.29, 0.717) is 5.92 Å². The van der Waals surface area contributed by atoms with Gasteiger partial charge in [-0.1, -0.05) is 12.5 Å². The third-order valence-corrected chi connectivity index (χ3v) is 5.73. The van der Waals surface area contributed by atoms with Crippen molar-refractivity contribution < 1.29 is 4.74 Å². The lowest BCUT2D eigenvalue weighted by Crippen LogP contribution is -2.43. The minimum Gasteiger partial charge on any atom is -0.497 e. The summed E-state index contributed by atoms with van der Waals surface area (Å²) >= 11 is 0. The van der Waals surface area contributed by atoms with Gasteiger partial charge in [0.05, 0.1) is 7.11 Å². The molecule has 0 aliphatic carbocycles. The summed E-state index contributed by atoms with van der Waals surface area (Å²) in [6.45, 7) is 10.6. The largest absolute Gasteiger partial charge is 0.497 e. The third-order valence-electron chi connectivity index (χ3n) is 5.73. The molecule has 0 saturated carbocycles. The van der Waals surface area contributed by atoms with Crippen molar-refractivity contribution in [2.45, 2.75) is 32.6 Å². The average molecular weight is 388 g/mol. The quantitative estimate of drug-likeness (QED) is 0.530. The van der Waals surface area contributed by atoms with Gasteiger partial charge in [0, 0.05) is 51.0 Å². The third kappa shape index (κ3) is 6.30. The van der Waals surface area contributed by atoms with E-state index in [2.05, 4.69) is 45.6 Å². The normalized spacial score (nSPS) is 21.0. The molecular formula is C22H37N5O. The molecule has 0 aromatic heterocycles. The van der Waals surface area contributed by atoms with Crippen molar-refractivity contribution in [2.24, 2.45) is 10.9 Å². The Morgan fingerprint density at radius 2 is 2.04 bits per heavy atom. The molecule has 0 spiro atoms. The van der Waals surface area contributed by atoms with E-state index in [1.807, 2.05) is 6.07 Å². The van der Waals surface area contributed by atoms with Crippen LogP contribution in [0.1, 0.15) is 32.6 Å². The van der Waals surface area contributed by atoms with Gasteiger partial charge < -0.3 is 25.2 Å². The Hall–Kier alpha value is -1.95. The summed E-state index contributed by atoms with van der Waals surface area (Å²) in [6, 6.07) is 8.35. The van der Waals surface area contributed by atoms with Crippen LogP contribution >= 0.6 is 0 Å². The Kier molecular flexibility index (Phi) is 8.27. The number of hydrogen-bond donors (Lipinski definition) is 2. The van der Waals surface area contributed by atoms with Crippen LogP contribution in [0.4, 0.5) is 5.69 Å². The molecule has 2 saturated heterocycles. The van der Waals surface area contributed by atoms with Gasteiger partial charge in [-0.2, -0.15) is 0 Å². The van der Waals surface area contributed by atoms with Gasteiger partial charge in [-0.3, -0.25) is 4.99 Å². The summed E-state index contributed by atoms with van der Waals surface area (Å²) < 4.78 is 5.36. The number of methoxy groups -OCH3 is 1. The van der Waals surface area contributed by atoms with Gasteiger partial charge in [-0.15, -0.1) is 0 Å². The van der Waals surface area contributed by atoms with Crippen LogP contribution in [-0.4, -0.2) is 70.3 Å². The second-order valence-corrected chi connectivity index (χ2v) is 7.85. The number of nitrogens with one attached hydrogen (secondary N) is 2. The Balaban J connectivity index is 1.44. The number of anilines is 1. The van der Waals surface area contributed by atoms with Crippen LogP contribution in [0.15, 0.2) is 29.3 Å². The first kappa shape index (κ1) is 20.8. The number of likely N-dealkylation sites (tertiary alicyclic amines) is 1. The molecule has 2 fully saturated rings. The van der Waals surface area contributed by atoms with Crippen molar-refractivity contribution in [1.82, 2.24) is 15.5 Å². The predicted octanol–water partition coefficient (Wildman–Crippen LogP) is 2.56. The zero-order valence-corrected chi connectivity index (χ0v) is 17.6. The van der Waals surface area contributed by atoms with Crippen molar-refractivity contribution in [3.63, 3.8) is 0 Å². The molecule has 156 valence electrons. The minimum absolute atomic E-state index is 0.601. The zero-order chi connectivity index (χ0) is 19.6. The molecule has 1 unspecified atom stereocenters. The van der Waals surface area contributed by atoms with E-state index in [1.54, 1.807) is 7.11 Å². The molecule has 0 amide bonds. The van der Waals surface area contributed by atoms with Gasteiger partial charge in [0.25, 0.3) is 0 Å². The fourth-order valence-corrected chi connectivity index (χ4v) is 4.10. The lowest BCUT2D eigenvalue weighted by molar-refractivity contribution is 0.232. The topological polar surface area (TPSA) is 52.1 Å².